The van der Waals surface area contributed by atoms with Crippen molar-refractivity contribution in [3.63, 3.8) is 0 Å². The molecule has 1 unspecified atom stereocenters. The Morgan fingerprint density at radius 2 is 2.05 bits per heavy atom. The highest BCUT2D eigenvalue weighted by Crippen LogP contribution is 2.19. The minimum atomic E-state index is -0.268. The highest BCUT2D eigenvalue weighted by atomic mass is 35.5. The van der Waals surface area contributed by atoms with Gasteiger partial charge in [-0.2, -0.15) is 0 Å². The second-order valence-electron chi connectivity index (χ2n) is 4.61. The monoisotopic (exact) mass is 293 g/mol. The van der Waals surface area contributed by atoms with E-state index in [1.165, 1.54) is 13.2 Å². The third-order valence-electron chi connectivity index (χ3n) is 3.21. The molecule has 2 aromatic carbocycles. The summed E-state index contributed by atoms with van der Waals surface area (Å²) in [6.07, 6.45) is 0. The van der Waals surface area contributed by atoms with Gasteiger partial charge in [-0.1, -0.05) is 29.8 Å². The van der Waals surface area contributed by atoms with Gasteiger partial charge in [0.2, 0.25) is 0 Å². The molecule has 0 heterocycles. The molecule has 0 amide bonds. The summed E-state index contributed by atoms with van der Waals surface area (Å²) in [5, 5.41) is 3.98. The normalized spacial score (nSPS) is 12.2. The predicted molar refractivity (Wildman–Crippen MR) is 79.7 cm³/mol. The van der Waals surface area contributed by atoms with Gasteiger partial charge < -0.3 is 10.1 Å². The maximum absolute atomic E-state index is 13.8. The molecule has 0 saturated carbocycles. The van der Waals surface area contributed by atoms with E-state index in [9.17, 15) is 4.39 Å². The van der Waals surface area contributed by atoms with E-state index in [1.54, 1.807) is 12.1 Å². The third-order valence-corrected chi connectivity index (χ3v) is 3.44. The van der Waals surface area contributed by atoms with Gasteiger partial charge in [0.05, 0.1) is 7.11 Å². The van der Waals surface area contributed by atoms with Gasteiger partial charge in [0, 0.05) is 29.2 Å². The molecule has 0 aromatic heterocycles. The van der Waals surface area contributed by atoms with Crippen LogP contribution in [0.1, 0.15) is 24.1 Å². The first kappa shape index (κ1) is 14.8. The maximum Gasteiger partial charge on any atom is 0.131 e. The van der Waals surface area contributed by atoms with Crippen molar-refractivity contribution in [3.05, 3.63) is 64.4 Å². The number of methoxy groups -OCH3 is 1. The molecular formula is C16H17ClFNO. The van der Waals surface area contributed by atoms with Crippen molar-refractivity contribution < 1.29 is 9.13 Å². The zero-order chi connectivity index (χ0) is 14.5. The first-order valence-electron chi connectivity index (χ1n) is 6.41. The molecule has 0 fully saturated rings. The first-order chi connectivity index (χ1) is 9.60. The summed E-state index contributed by atoms with van der Waals surface area (Å²) in [6, 6.07) is 12.6. The topological polar surface area (TPSA) is 21.3 Å². The number of nitrogens with one attached hydrogen (secondary N) is 1. The van der Waals surface area contributed by atoms with Crippen molar-refractivity contribution >= 4 is 11.6 Å². The van der Waals surface area contributed by atoms with Crippen LogP contribution in [0.15, 0.2) is 42.5 Å². The average Bonchev–Trinajstić information content (AvgIpc) is 2.45. The van der Waals surface area contributed by atoms with Crippen LogP contribution in [0.25, 0.3) is 0 Å². The molecule has 0 radical (unpaired) electrons. The largest absolute Gasteiger partial charge is 0.497 e. The molecule has 0 aliphatic rings. The van der Waals surface area contributed by atoms with Gasteiger partial charge in [-0.15, -0.1) is 0 Å². The Bertz CT molecular complexity index is 588. The molecule has 2 nitrogen and oxygen atoms in total. The van der Waals surface area contributed by atoms with Crippen molar-refractivity contribution in [1.82, 2.24) is 5.32 Å². The van der Waals surface area contributed by atoms with Gasteiger partial charge in [0.15, 0.2) is 0 Å². The van der Waals surface area contributed by atoms with Crippen LogP contribution in [0.5, 0.6) is 5.75 Å². The molecule has 1 N–H and O–H groups in total. The molecule has 1 atom stereocenters. The van der Waals surface area contributed by atoms with E-state index in [0.717, 1.165) is 5.56 Å². The van der Waals surface area contributed by atoms with Gasteiger partial charge in [-0.05, 0) is 30.7 Å². The van der Waals surface area contributed by atoms with Crippen LogP contribution in [0.2, 0.25) is 5.02 Å². The summed E-state index contributed by atoms with van der Waals surface area (Å²) in [5.74, 6) is 0.254. The highest BCUT2D eigenvalue weighted by Gasteiger charge is 2.08. The number of hydrogen-bond donors (Lipinski definition) is 1. The molecule has 4 heteroatoms. The molecule has 0 aliphatic heterocycles. The zero-order valence-electron chi connectivity index (χ0n) is 11.5. The molecule has 2 aromatic rings. The fourth-order valence-corrected chi connectivity index (χ4v) is 2.15. The zero-order valence-corrected chi connectivity index (χ0v) is 12.2. The fraction of sp³-hybridized carbons (Fsp3) is 0.250. The number of rotatable bonds is 5. The van der Waals surface area contributed by atoms with Crippen LogP contribution in [-0.2, 0) is 6.54 Å². The summed E-state index contributed by atoms with van der Waals surface area (Å²) in [6.45, 7) is 2.47. The van der Waals surface area contributed by atoms with Crippen molar-refractivity contribution in [2.45, 2.75) is 19.5 Å². The van der Waals surface area contributed by atoms with E-state index < -0.39 is 0 Å². The van der Waals surface area contributed by atoms with E-state index >= 15 is 0 Å². The summed E-state index contributed by atoms with van der Waals surface area (Å²) < 4.78 is 18.8. The minimum absolute atomic E-state index is 0.0928. The Morgan fingerprint density at radius 1 is 1.25 bits per heavy atom. The van der Waals surface area contributed by atoms with Crippen LogP contribution in [0.3, 0.4) is 0 Å². The van der Waals surface area contributed by atoms with Crippen molar-refractivity contribution in [1.29, 1.82) is 0 Å². The maximum atomic E-state index is 13.8. The predicted octanol–water partition coefficient (Wildman–Crippen LogP) is 4.34. The standard InChI is InChI=1S/C16H17ClFNO/c1-11(12-4-3-5-14(17)8-12)19-10-13-6-7-15(20-2)9-16(13)18/h3-9,11,19H,10H2,1-2H3. The van der Waals surface area contributed by atoms with Crippen LogP contribution >= 0.6 is 11.6 Å². The van der Waals surface area contributed by atoms with Crippen molar-refractivity contribution in [2.24, 2.45) is 0 Å². The number of halogens is 2. The van der Waals surface area contributed by atoms with Crippen LogP contribution < -0.4 is 10.1 Å². The second-order valence-corrected chi connectivity index (χ2v) is 5.05. The average molecular weight is 294 g/mol. The molecule has 0 spiro atoms. The van der Waals surface area contributed by atoms with Gasteiger partial charge in [0.1, 0.15) is 11.6 Å². The van der Waals surface area contributed by atoms with Gasteiger partial charge >= 0.3 is 0 Å². The molecule has 0 aliphatic carbocycles. The van der Waals surface area contributed by atoms with Crippen LogP contribution in [0.4, 0.5) is 4.39 Å². The summed E-state index contributed by atoms with van der Waals surface area (Å²) in [7, 11) is 1.52. The molecule has 106 valence electrons. The highest BCUT2D eigenvalue weighted by molar-refractivity contribution is 6.30. The Hall–Kier alpha value is -1.58. The lowest BCUT2D eigenvalue weighted by molar-refractivity contribution is 0.410. The van der Waals surface area contributed by atoms with Crippen LogP contribution in [-0.4, -0.2) is 7.11 Å². The summed E-state index contributed by atoms with van der Waals surface area (Å²) in [4.78, 5) is 0. The molecule has 0 saturated heterocycles. The smallest absolute Gasteiger partial charge is 0.131 e. The van der Waals surface area contributed by atoms with Crippen LogP contribution in [0, 0.1) is 5.82 Å². The first-order valence-corrected chi connectivity index (χ1v) is 6.79. The van der Waals surface area contributed by atoms with E-state index in [2.05, 4.69) is 5.32 Å². The molecule has 0 bridgehead atoms. The minimum Gasteiger partial charge on any atom is -0.497 e. The quantitative estimate of drug-likeness (QED) is 0.885. The van der Waals surface area contributed by atoms with E-state index in [-0.39, 0.29) is 11.9 Å². The third kappa shape index (κ3) is 3.71. The Morgan fingerprint density at radius 3 is 2.70 bits per heavy atom. The van der Waals surface area contributed by atoms with Gasteiger partial charge in [-0.3, -0.25) is 0 Å². The van der Waals surface area contributed by atoms with Gasteiger partial charge in [-0.25, -0.2) is 4.39 Å². The number of benzene rings is 2. The molecule has 2 rings (SSSR count). The lowest BCUT2D eigenvalue weighted by atomic mass is 10.1. The van der Waals surface area contributed by atoms with Gasteiger partial charge in [0.25, 0.3) is 0 Å². The fourth-order valence-electron chi connectivity index (χ4n) is 1.96. The Balaban J connectivity index is 2.01. The van der Waals surface area contributed by atoms with E-state index in [4.69, 9.17) is 16.3 Å². The second kappa shape index (κ2) is 6.73. The van der Waals surface area contributed by atoms with Crippen molar-refractivity contribution in [2.75, 3.05) is 7.11 Å². The number of ether oxygens (including phenoxy) is 1. The molecule has 20 heavy (non-hydrogen) atoms. The van der Waals surface area contributed by atoms with E-state index in [0.29, 0.717) is 22.9 Å². The van der Waals surface area contributed by atoms with E-state index in [1.807, 2.05) is 31.2 Å². The Kier molecular flexibility index (Phi) is 4.99. The SMILES string of the molecule is COc1ccc(CNC(C)c2cccc(Cl)c2)c(F)c1. The lowest BCUT2D eigenvalue weighted by Crippen LogP contribution is -2.18. The summed E-state index contributed by atoms with van der Waals surface area (Å²) >= 11 is 5.96. The number of hydrogen-bond acceptors (Lipinski definition) is 2. The summed E-state index contributed by atoms with van der Waals surface area (Å²) in [5.41, 5.74) is 1.69. The van der Waals surface area contributed by atoms with Crippen molar-refractivity contribution in [3.8, 4) is 5.75 Å². The Labute approximate surface area is 123 Å². The lowest BCUT2D eigenvalue weighted by Gasteiger charge is -2.15. The molecular weight excluding hydrogens is 277 g/mol.